The SMILES string of the molecule is COc1ccc(C2(N)N=C(Nc3cnn(-c4ccccc4)c3)NC=C2[N+](=O)[O-])cc1. The van der Waals surface area contributed by atoms with Crippen molar-refractivity contribution in [1.82, 2.24) is 15.1 Å². The number of ether oxygens (including phenoxy) is 1. The number of para-hydroxylation sites is 1. The smallest absolute Gasteiger partial charge is 0.308 e. The number of nitrogens with two attached hydrogens (primary N) is 1. The molecule has 0 saturated carbocycles. The molecule has 0 saturated heterocycles. The maximum Gasteiger partial charge on any atom is 0.308 e. The first-order valence-electron chi connectivity index (χ1n) is 9.01. The van der Waals surface area contributed by atoms with E-state index < -0.39 is 10.6 Å². The second-order valence-electron chi connectivity index (χ2n) is 6.52. The first-order valence-corrected chi connectivity index (χ1v) is 9.01. The monoisotopic (exact) mass is 405 g/mol. The summed E-state index contributed by atoms with van der Waals surface area (Å²) in [6, 6.07) is 16.3. The highest BCUT2D eigenvalue weighted by Crippen LogP contribution is 2.31. The number of guanidine groups is 1. The summed E-state index contributed by atoms with van der Waals surface area (Å²) in [6.45, 7) is 0. The van der Waals surface area contributed by atoms with Gasteiger partial charge in [-0.05, 0) is 24.3 Å². The van der Waals surface area contributed by atoms with Crippen molar-refractivity contribution in [3.63, 3.8) is 0 Å². The maximum atomic E-state index is 11.6. The van der Waals surface area contributed by atoms with Crippen molar-refractivity contribution in [2.24, 2.45) is 10.7 Å². The number of hydrogen-bond acceptors (Lipinski definition) is 8. The van der Waals surface area contributed by atoms with Crippen molar-refractivity contribution in [3.05, 3.63) is 94.6 Å². The van der Waals surface area contributed by atoms with Crippen molar-refractivity contribution in [2.75, 3.05) is 12.4 Å². The topological polar surface area (TPSA) is 133 Å². The number of hydrogen-bond donors (Lipinski definition) is 3. The van der Waals surface area contributed by atoms with E-state index in [0.717, 1.165) is 5.69 Å². The highest BCUT2D eigenvalue weighted by atomic mass is 16.6. The van der Waals surface area contributed by atoms with E-state index in [0.29, 0.717) is 17.0 Å². The van der Waals surface area contributed by atoms with Crippen LogP contribution in [-0.4, -0.2) is 27.8 Å². The van der Waals surface area contributed by atoms with Crippen LogP contribution >= 0.6 is 0 Å². The van der Waals surface area contributed by atoms with Crippen LogP contribution in [0.3, 0.4) is 0 Å². The Morgan fingerprint density at radius 3 is 2.60 bits per heavy atom. The molecule has 152 valence electrons. The molecule has 0 fully saturated rings. The standard InChI is InChI=1S/C20H19N7O3/c1-30-17-9-7-14(8-10-17)20(21)18(27(28)29)12-22-19(25-20)24-15-11-23-26(13-15)16-5-3-2-4-6-16/h2-13H,21H2,1H3,(H2,22,24,25). The first-order chi connectivity index (χ1) is 14.5. The largest absolute Gasteiger partial charge is 0.497 e. The Hall–Kier alpha value is -4.18. The molecule has 10 heteroatoms. The normalized spacial score (nSPS) is 18.1. The van der Waals surface area contributed by atoms with E-state index in [1.807, 2.05) is 30.3 Å². The van der Waals surface area contributed by atoms with E-state index in [1.54, 1.807) is 41.3 Å². The van der Waals surface area contributed by atoms with Gasteiger partial charge in [0.05, 0.1) is 42.0 Å². The molecule has 1 aliphatic heterocycles. The Morgan fingerprint density at radius 1 is 1.20 bits per heavy atom. The van der Waals surface area contributed by atoms with Gasteiger partial charge in [0.25, 0.3) is 0 Å². The Bertz CT molecular complexity index is 1120. The van der Waals surface area contributed by atoms with Crippen LogP contribution < -0.4 is 21.1 Å². The van der Waals surface area contributed by atoms with E-state index in [4.69, 9.17) is 10.5 Å². The van der Waals surface area contributed by atoms with Gasteiger partial charge < -0.3 is 15.4 Å². The number of nitrogens with one attached hydrogen (secondary N) is 2. The highest BCUT2D eigenvalue weighted by Gasteiger charge is 2.43. The van der Waals surface area contributed by atoms with E-state index in [1.165, 1.54) is 13.3 Å². The third-order valence-electron chi connectivity index (χ3n) is 4.62. The molecule has 0 amide bonds. The quantitative estimate of drug-likeness (QED) is 0.438. The number of methoxy groups -OCH3 is 1. The minimum absolute atomic E-state index is 0.256. The Morgan fingerprint density at radius 2 is 1.93 bits per heavy atom. The molecule has 3 aromatic rings. The zero-order valence-corrected chi connectivity index (χ0v) is 16.0. The number of nitro groups is 1. The molecule has 0 bridgehead atoms. The van der Waals surface area contributed by atoms with Crippen LogP contribution in [0, 0.1) is 10.1 Å². The van der Waals surface area contributed by atoms with Crippen molar-refractivity contribution < 1.29 is 9.66 Å². The Labute approximate surface area is 171 Å². The van der Waals surface area contributed by atoms with E-state index >= 15 is 0 Å². The van der Waals surface area contributed by atoms with Crippen molar-refractivity contribution in [2.45, 2.75) is 5.66 Å². The summed E-state index contributed by atoms with van der Waals surface area (Å²) in [5, 5.41) is 21.7. The molecule has 1 atom stereocenters. The van der Waals surface area contributed by atoms with Crippen molar-refractivity contribution in [3.8, 4) is 11.4 Å². The summed E-state index contributed by atoms with van der Waals surface area (Å²) in [6.07, 6.45) is 4.63. The molecule has 4 rings (SSSR count). The van der Waals surface area contributed by atoms with Gasteiger partial charge in [0, 0.05) is 5.56 Å². The van der Waals surface area contributed by atoms with Gasteiger partial charge >= 0.3 is 5.70 Å². The number of rotatable bonds is 5. The molecular weight excluding hydrogens is 386 g/mol. The fourth-order valence-corrected chi connectivity index (χ4v) is 3.07. The minimum atomic E-state index is -1.68. The Balaban J connectivity index is 1.63. The van der Waals surface area contributed by atoms with Gasteiger partial charge in [-0.3, -0.25) is 15.8 Å². The van der Waals surface area contributed by atoms with Crippen LogP contribution in [0.15, 0.2) is 83.9 Å². The van der Waals surface area contributed by atoms with Crippen LogP contribution in [0.2, 0.25) is 0 Å². The lowest BCUT2D eigenvalue weighted by Gasteiger charge is -2.27. The van der Waals surface area contributed by atoms with Gasteiger partial charge in [0.1, 0.15) is 5.75 Å². The summed E-state index contributed by atoms with van der Waals surface area (Å²) in [5.41, 5.74) is 6.44. The highest BCUT2D eigenvalue weighted by molar-refractivity contribution is 5.95. The van der Waals surface area contributed by atoms with Crippen LogP contribution in [0.4, 0.5) is 5.69 Å². The molecule has 1 aliphatic rings. The molecule has 10 nitrogen and oxygen atoms in total. The lowest BCUT2D eigenvalue weighted by atomic mass is 9.97. The summed E-state index contributed by atoms with van der Waals surface area (Å²) in [4.78, 5) is 15.4. The number of aromatic nitrogens is 2. The second-order valence-corrected chi connectivity index (χ2v) is 6.52. The molecule has 4 N–H and O–H groups in total. The van der Waals surface area contributed by atoms with Crippen LogP contribution in [0.25, 0.3) is 5.69 Å². The predicted molar refractivity (Wildman–Crippen MR) is 112 cm³/mol. The van der Waals surface area contributed by atoms with Gasteiger partial charge in [0.15, 0.2) is 0 Å². The molecule has 0 spiro atoms. The van der Waals surface area contributed by atoms with Gasteiger partial charge in [-0.2, -0.15) is 5.10 Å². The zero-order chi connectivity index (χ0) is 21.1. The molecule has 0 aliphatic carbocycles. The zero-order valence-electron chi connectivity index (χ0n) is 16.0. The number of benzene rings is 2. The van der Waals surface area contributed by atoms with Crippen molar-refractivity contribution >= 4 is 11.6 Å². The summed E-state index contributed by atoms with van der Waals surface area (Å²) >= 11 is 0. The second kappa shape index (κ2) is 7.68. The first kappa shape index (κ1) is 19.2. The van der Waals surface area contributed by atoms with Gasteiger partial charge in [0.2, 0.25) is 11.6 Å². The number of aliphatic imine (C=N–C) groups is 1. The average Bonchev–Trinajstić information content (AvgIpc) is 3.22. The molecule has 2 aromatic carbocycles. The molecular formula is C20H19N7O3. The van der Waals surface area contributed by atoms with Crippen LogP contribution in [-0.2, 0) is 5.66 Å². The summed E-state index contributed by atoms with van der Waals surface area (Å²) in [7, 11) is 1.54. The minimum Gasteiger partial charge on any atom is -0.497 e. The summed E-state index contributed by atoms with van der Waals surface area (Å²) in [5.74, 6) is 0.866. The van der Waals surface area contributed by atoms with Gasteiger partial charge in [-0.15, -0.1) is 0 Å². The molecule has 0 radical (unpaired) electrons. The fourth-order valence-electron chi connectivity index (χ4n) is 3.07. The van der Waals surface area contributed by atoms with Crippen LogP contribution in [0.5, 0.6) is 5.75 Å². The number of anilines is 1. The average molecular weight is 405 g/mol. The van der Waals surface area contributed by atoms with E-state index in [2.05, 4.69) is 20.7 Å². The fraction of sp³-hybridized carbons (Fsp3) is 0.100. The van der Waals surface area contributed by atoms with Crippen molar-refractivity contribution in [1.29, 1.82) is 0 Å². The molecule has 1 unspecified atom stereocenters. The number of nitrogens with zero attached hydrogens (tertiary/aromatic N) is 4. The lowest BCUT2D eigenvalue weighted by molar-refractivity contribution is -0.436. The van der Waals surface area contributed by atoms with E-state index in [9.17, 15) is 10.1 Å². The molecule has 30 heavy (non-hydrogen) atoms. The van der Waals surface area contributed by atoms with Gasteiger partial charge in [-0.1, -0.05) is 30.3 Å². The van der Waals surface area contributed by atoms with Gasteiger partial charge in [-0.25, -0.2) is 9.67 Å². The third-order valence-corrected chi connectivity index (χ3v) is 4.62. The Kier molecular flexibility index (Phi) is 4.90. The summed E-state index contributed by atoms with van der Waals surface area (Å²) < 4.78 is 6.84. The molecule has 1 aromatic heterocycles. The third kappa shape index (κ3) is 3.59. The predicted octanol–water partition coefficient (Wildman–Crippen LogP) is 2.18. The lowest BCUT2D eigenvalue weighted by Crippen LogP contribution is -2.47. The van der Waals surface area contributed by atoms with E-state index in [-0.39, 0.29) is 11.7 Å². The molecule has 2 heterocycles. The van der Waals surface area contributed by atoms with Crippen LogP contribution in [0.1, 0.15) is 5.56 Å². The maximum absolute atomic E-state index is 11.6.